The molecule has 0 fully saturated rings. The number of hydrogen-bond acceptors (Lipinski definition) is 2. The molecule has 0 bridgehead atoms. The maximum Gasteiger partial charge on any atom is 0.120 e. The largest absolute Gasteiger partial charge is 0.492 e. The number of benzene rings is 1. The summed E-state index contributed by atoms with van der Waals surface area (Å²) in [5.74, 6) is 0.898. The minimum Gasteiger partial charge on any atom is -0.492 e. The molecule has 1 heterocycles. The van der Waals surface area contributed by atoms with Gasteiger partial charge in [-0.2, -0.15) is 0 Å². The average Bonchev–Trinajstić information content (AvgIpc) is 2.84. The molecule has 0 saturated carbocycles. The van der Waals surface area contributed by atoms with Gasteiger partial charge in [0.15, 0.2) is 0 Å². The fourth-order valence-electron chi connectivity index (χ4n) is 1.83. The van der Waals surface area contributed by atoms with Gasteiger partial charge in [0.25, 0.3) is 0 Å². The molecule has 0 spiro atoms. The van der Waals surface area contributed by atoms with Crippen LogP contribution in [0.5, 0.6) is 5.75 Å². The van der Waals surface area contributed by atoms with Crippen LogP contribution in [0.15, 0.2) is 47.2 Å². The van der Waals surface area contributed by atoms with E-state index in [4.69, 9.17) is 4.74 Å². The first-order valence-corrected chi connectivity index (χ1v) is 7.31. The van der Waals surface area contributed by atoms with Crippen molar-refractivity contribution in [2.45, 2.75) is 20.0 Å². The molecular formula is C15H19BrN2O. The summed E-state index contributed by atoms with van der Waals surface area (Å²) in [4.78, 5) is 0. The summed E-state index contributed by atoms with van der Waals surface area (Å²) in [5.41, 5.74) is 1.31. The molecule has 19 heavy (non-hydrogen) atoms. The van der Waals surface area contributed by atoms with Gasteiger partial charge < -0.3 is 14.6 Å². The Labute approximate surface area is 122 Å². The highest BCUT2D eigenvalue weighted by molar-refractivity contribution is 9.10. The summed E-state index contributed by atoms with van der Waals surface area (Å²) >= 11 is 3.43. The molecule has 2 rings (SSSR count). The van der Waals surface area contributed by atoms with Gasteiger partial charge in [-0.15, -0.1) is 0 Å². The van der Waals surface area contributed by atoms with Gasteiger partial charge in [-0.1, -0.05) is 28.9 Å². The lowest BCUT2D eigenvalue weighted by atomic mass is 10.3. The number of hydrogen-bond donors (Lipinski definition) is 1. The lowest BCUT2D eigenvalue weighted by molar-refractivity contribution is 0.298. The standard InChI is InChI=1S/C15H19BrN2O/c1-2-17-11-13-6-7-18(12-13)8-9-19-15-5-3-4-14(16)10-15/h3-7,10,12,17H,2,8-9,11H2,1H3. The summed E-state index contributed by atoms with van der Waals surface area (Å²) in [5, 5.41) is 3.32. The highest BCUT2D eigenvalue weighted by Crippen LogP contribution is 2.17. The van der Waals surface area contributed by atoms with E-state index in [1.807, 2.05) is 24.3 Å². The van der Waals surface area contributed by atoms with E-state index in [9.17, 15) is 0 Å². The van der Waals surface area contributed by atoms with Crippen LogP contribution < -0.4 is 10.1 Å². The van der Waals surface area contributed by atoms with Gasteiger partial charge in [0.2, 0.25) is 0 Å². The number of aromatic nitrogens is 1. The molecule has 1 N–H and O–H groups in total. The van der Waals surface area contributed by atoms with Crippen molar-refractivity contribution in [3.63, 3.8) is 0 Å². The van der Waals surface area contributed by atoms with Crippen molar-refractivity contribution in [2.75, 3.05) is 13.2 Å². The normalized spacial score (nSPS) is 10.6. The molecule has 0 atom stereocenters. The van der Waals surface area contributed by atoms with E-state index in [0.717, 1.165) is 29.9 Å². The van der Waals surface area contributed by atoms with Crippen molar-refractivity contribution >= 4 is 15.9 Å². The Morgan fingerprint density at radius 3 is 3.00 bits per heavy atom. The number of halogens is 1. The van der Waals surface area contributed by atoms with Crippen LogP contribution in [-0.2, 0) is 13.1 Å². The van der Waals surface area contributed by atoms with Crippen LogP contribution in [0.4, 0.5) is 0 Å². The molecule has 3 nitrogen and oxygen atoms in total. The Kier molecular flexibility index (Phi) is 5.48. The molecule has 0 amide bonds. The van der Waals surface area contributed by atoms with Gasteiger partial charge in [0.05, 0.1) is 6.54 Å². The third kappa shape index (κ3) is 4.73. The molecule has 0 unspecified atom stereocenters. The van der Waals surface area contributed by atoms with E-state index in [0.29, 0.717) is 6.61 Å². The predicted molar refractivity (Wildman–Crippen MR) is 81.4 cm³/mol. The summed E-state index contributed by atoms with van der Waals surface area (Å²) in [6.07, 6.45) is 4.25. The van der Waals surface area contributed by atoms with E-state index >= 15 is 0 Å². The molecule has 4 heteroatoms. The van der Waals surface area contributed by atoms with Gasteiger partial charge in [-0.25, -0.2) is 0 Å². The summed E-state index contributed by atoms with van der Waals surface area (Å²) in [7, 11) is 0. The van der Waals surface area contributed by atoms with Crippen molar-refractivity contribution in [1.82, 2.24) is 9.88 Å². The van der Waals surface area contributed by atoms with E-state index in [1.165, 1.54) is 5.56 Å². The minimum absolute atomic E-state index is 0.672. The minimum atomic E-state index is 0.672. The van der Waals surface area contributed by atoms with Crippen molar-refractivity contribution in [1.29, 1.82) is 0 Å². The van der Waals surface area contributed by atoms with E-state index in [2.05, 4.69) is 51.2 Å². The molecular weight excluding hydrogens is 304 g/mol. The monoisotopic (exact) mass is 322 g/mol. The second-order valence-electron chi connectivity index (χ2n) is 4.34. The second-order valence-corrected chi connectivity index (χ2v) is 5.26. The van der Waals surface area contributed by atoms with Crippen molar-refractivity contribution in [2.24, 2.45) is 0 Å². The highest BCUT2D eigenvalue weighted by Gasteiger charge is 1.98. The van der Waals surface area contributed by atoms with Crippen LogP contribution >= 0.6 is 15.9 Å². The zero-order chi connectivity index (χ0) is 13.5. The molecule has 0 aliphatic rings. The van der Waals surface area contributed by atoms with E-state index < -0.39 is 0 Å². The molecule has 0 radical (unpaired) electrons. The Balaban J connectivity index is 1.77. The Morgan fingerprint density at radius 2 is 2.21 bits per heavy atom. The zero-order valence-corrected chi connectivity index (χ0v) is 12.7. The third-order valence-corrected chi connectivity index (χ3v) is 3.30. The van der Waals surface area contributed by atoms with Crippen LogP contribution in [0.3, 0.4) is 0 Å². The summed E-state index contributed by atoms with van der Waals surface area (Å²) in [6, 6.07) is 10.1. The lowest BCUT2D eigenvalue weighted by Gasteiger charge is -2.07. The number of nitrogens with zero attached hydrogens (tertiary/aromatic N) is 1. The van der Waals surface area contributed by atoms with Crippen LogP contribution in [0.25, 0.3) is 0 Å². The Morgan fingerprint density at radius 1 is 1.32 bits per heavy atom. The van der Waals surface area contributed by atoms with Gasteiger partial charge in [0.1, 0.15) is 12.4 Å². The van der Waals surface area contributed by atoms with Crippen molar-refractivity contribution < 1.29 is 4.74 Å². The van der Waals surface area contributed by atoms with Crippen LogP contribution in [0.1, 0.15) is 12.5 Å². The highest BCUT2D eigenvalue weighted by atomic mass is 79.9. The first-order valence-electron chi connectivity index (χ1n) is 6.51. The first-order chi connectivity index (χ1) is 9.28. The van der Waals surface area contributed by atoms with Crippen LogP contribution in [0.2, 0.25) is 0 Å². The molecule has 0 aliphatic carbocycles. The summed E-state index contributed by atoms with van der Waals surface area (Å²) < 4.78 is 8.91. The van der Waals surface area contributed by atoms with Gasteiger partial charge >= 0.3 is 0 Å². The average molecular weight is 323 g/mol. The fraction of sp³-hybridized carbons (Fsp3) is 0.333. The Hall–Kier alpha value is -1.26. The first kappa shape index (κ1) is 14.2. The molecule has 102 valence electrons. The van der Waals surface area contributed by atoms with Crippen molar-refractivity contribution in [3.8, 4) is 5.75 Å². The molecule has 0 saturated heterocycles. The van der Waals surface area contributed by atoms with E-state index in [1.54, 1.807) is 0 Å². The molecule has 2 aromatic rings. The van der Waals surface area contributed by atoms with E-state index in [-0.39, 0.29) is 0 Å². The predicted octanol–water partition coefficient (Wildman–Crippen LogP) is 3.44. The van der Waals surface area contributed by atoms with Crippen LogP contribution in [0, 0.1) is 0 Å². The smallest absolute Gasteiger partial charge is 0.120 e. The zero-order valence-electron chi connectivity index (χ0n) is 11.1. The van der Waals surface area contributed by atoms with Crippen LogP contribution in [-0.4, -0.2) is 17.7 Å². The molecule has 1 aromatic heterocycles. The topological polar surface area (TPSA) is 26.2 Å². The van der Waals surface area contributed by atoms with Crippen molar-refractivity contribution in [3.05, 3.63) is 52.8 Å². The SMILES string of the molecule is CCNCc1ccn(CCOc2cccc(Br)c2)c1. The summed E-state index contributed by atoms with van der Waals surface area (Å²) in [6.45, 7) is 5.57. The number of rotatable bonds is 7. The lowest BCUT2D eigenvalue weighted by Crippen LogP contribution is -2.11. The number of ether oxygens (including phenoxy) is 1. The third-order valence-electron chi connectivity index (χ3n) is 2.81. The van der Waals surface area contributed by atoms with Gasteiger partial charge in [0, 0.05) is 23.4 Å². The Bertz CT molecular complexity index is 510. The fourth-order valence-corrected chi connectivity index (χ4v) is 2.21. The van der Waals surface area contributed by atoms with Gasteiger partial charge in [-0.3, -0.25) is 0 Å². The quantitative estimate of drug-likeness (QED) is 0.845. The maximum absolute atomic E-state index is 5.71. The number of nitrogens with one attached hydrogen (secondary N) is 1. The molecule has 1 aromatic carbocycles. The maximum atomic E-state index is 5.71. The second kappa shape index (κ2) is 7.36. The van der Waals surface area contributed by atoms with Gasteiger partial charge in [-0.05, 0) is 36.4 Å². The molecule has 0 aliphatic heterocycles.